The summed E-state index contributed by atoms with van der Waals surface area (Å²) in [6.07, 6.45) is 0.218. The number of methoxy groups -OCH3 is 1. The molecule has 0 saturated heterocycles. The van der Waals surface area contributed by atoms with Crippen LogP contribution in [0.15, 0.2) is 35.2 Å². The number of hydrogen-bond donors (Lipinski definition) is 0. The number of anilines is 1. The van der Waals surface area contributed by atoms with E-state index in [2.05, 4.69) is 0 Å². The summed E-state index contributed by atoms with van der Waals surface area (Å²) in [4.78, 5) is 0.0934. The van der Waals surface area contributed by atoms with E-state index >= 15 is 0 Å². The third-order valence-corrected chi connectivity index (χ3v) is 5.89. The van der Waals surface area contributed by atoms with Crippen molar-refractivity contribution in [1.82, 2.24) is 0 Å². The van der Waals surface area contributed by atoms with Crippen LogP contribution >= 0.6 is 0 Å². The van der Waals surface area contributed by atoms with Crippen LogP contribution in [0.4, 0.5) is 14.5 Å². The first-order chi connectivity index (χ1) is 10.8. The molecule has 0 atom stereocenters. The molecule has 1 aliphatic heterocycles. The molecule has 2 aromatic rings. The number of ether oxygens (including phenoxy) is 1. The van der Waals surface area contributed by atoms with Crippen LogP contribution in [-0.4, -0.2) is 22.1 Å². The topological polar surface area (TPSA) is 46.6 Å². The van der Waals surface area contributed by atoms with E-state index in [4.69, 9.17) is 4.74 Å². The Kier molecular flexibility index (Phi) is 3.75. The molecule has 0 radical (unpaired) electrons. The van der Waals surface area contributed by atoms with Crippen molar-refractivity contribution in [2.45, 2.75) is 18.2 Å². The molecule has 122 valence electrons. The molecule has 0 N–H and O–H groups in total. The number of fused-ring (bicyclic) bond motifs is 1. The third kappa shape index (κ3) is 2.55. The Morgan fingerprint density at radius 3 is 2.57 bits per heavy atom. The smallest absolute Gasteiger partial charge is 0.264 e. The van der Waals surface area contributed by atoms with Gasteiger partial charge in [0, 0.05) is 18.2 Å². The monoisotopic (exact) mass is 339 g/mol. The van der Waals surface area contributed by atoms with Crippen molar-refractivity contribution >= 4 is 15.7 Å². The van der Waals surface area contributed by atoms with Crippen LogP contribution in [0.2, 0.25) is 0 Å². The largest absolute Gasteiger partial charge is 0.497 e. The van der Waals surface area contributed by atoms with Gasteiger partial charge in [0.05, 0.1) is 17.7 Å². The molecule has 0 fully saturated rings. The summed E-state index contributed by atoms with van der Waals surface area (Å²) >= 11 is 0. The van der Waals surface area contributed by atoms with Gasteiger partial charge in [-0.15, -0.1) is 0 Å². The summed E-state index contributed by atoms with van der Waals surface area (Å²) in [6, 6.07) is 6.42. The van der Waals surface area contributed by atoms with Crippen LogP contribution in [0.3, 0.4) is 0 Å². The lowest BCUT2D eigenvalue weighted by Gasteiger charge is -2.21. The zero-order chi connectivity index (χ0) is 16.8. The SMILES string of the molecule is COc1ccc(S(=O)(=O)N2CCc3c(F)cc(F)cc32)c(C)c1. The van der Waals surface area contributed by atoms with E-state index in [9.17, 15) is 17.2 Å². The van der Waals surface area contributed by atoms with Gasteiger partial charge in [0.15, 0.2) is 0 Å². The summed E-state index contributed by atoms with van der Waals surface area (Å²) in [5, 5.41) is 0. The van der Waals surface area contributed by atoms with Crippen LogP contribution in [-0.2, 0) is 16.4 Å². The maximum atomic E-state index is 13.8. The summed E-state index contributed by atoms with van der Waals surface area (Å²) < 4.78 is 59.2. The maximum Gasteiger partial charge on any atom is 0.264 e. The first kappa shape index (κ1) is 15.7. The number of halogens is 2. The van der Waals surface area contributed by atoms with Gasteiger partial charge in [0.2, 0.25) is 0 Å². The van der Waals surface area contributed by atoms with Gasteiger partial charge in [-0.1, -0.05) is 0 Å². The van der Waals surface area contributed by atoms with Crippen LogP contribution in [0.25, 0.3) is 0 Å². The second-order valence-corrected chi connectivity index (χ2v) is 7.17. The molecule has 7 heteroatoms. The number of rotatable bonds is 3. The maximum absolute atomic E-state index is 13.8. The zero-order valence-electron chi connectivity index (χ0n) is 12.6. The minimum atomic E-state index is -3.90. The van der Waals surface area contributed by atoms with E-state index in [-0.39, 0.29) is 29.1 Å². The molecule has 3 rings (SSSR count). The fourth-order valence-corrected chi connectivity index (χ4v) is 4.50. The minimum Gasteiger partial charge on any atom is -0.497 e. The Labute approximate surface area is 133 Å². The van der Waals surface area contributed by atoms with E-state index in [0.717, 1.165) is 16.4 Å². The van der Waals surface area contributed by atoms with Gasteiger partial charge in [0.1, 0.15) is 17.4 Å². The number of sulfonamides is 1. The molecule has 4 nitrogen and oxygen atoms in total. The fraction of sp³-hybridized carbons (Fsp3) is 0.250. The molecular weight excluding hydrogens is 324 g/mol. The van der Waals surface area contributed by atoms with Crippen LogP contribution < -0.4 is 9.04 Å². The van der Waals surface area contributed by atoms with Crippen LogP contribution in [0.1, 0.15) is 11.1 Å². The Morgan fingerprint density at radius 2 is 1.91 bits per heavy atom. The standard InChI is InChI=1S/C16H15F2NO3S/c1-10-7-12(22-2)3-4-16(10)23(20,21)19-6-5-13-14(18)8-11(17)9-15(13)19/h3-4,7-9H,5-6H2,1-2H3. The summed E-state index contributed by atoms with van der Waals surface area (Å²) in [5.74, 6) is -0.973. The van der Waals surface area contributed by atoms with E-state index in [1.165, 1.54) is 13.2 Å². The normalized spacial score (nSPS) is 14.0. The second kappa shape index (κ2) is 5.49. The molecule has 0 spiro atoms. The lowest BCUT2D eigenvalue weighted by molar-refractivity contribution is 0.414. The predicted octanol–water partition coefficient (Wildman–Crippen LogP) is 3.03. The van der Waals surface area contributed by atoms with E-state index in [1.54, 1.807) is 19.1 Å². The van der Waals surface area contributed by atoms with Gasteiger partial charge < -0.3 is 4.74 Å². The highest BCUT2D eigenvalue weighted by Crippen LogP contribution is 2.36. The van der Waals surface area contributed by atoms with Crippen molar-refractivity contribution in [1.29, 1.82) is 0 Å². The van der Waals surface area contributed by atoms with Crippen molar-refractivity contribution in [3.63, 3.8) is 0 Å². The van der Waals surface area contributed by atoms with E-state index in [1.807, 2.05) is 0 Å². The zero-order valence-corrected chi connectivity index (χ0v) is 13.5. The van der Waals surface area contributed by atoms with E-state index in [0.29, 0.717) is 11.3 Å². The quantitative estimate of drug-likeness (QED) is 0.863. The van der Waals surface area contributed by atoms with Gasteiger partial charge in [-0.25, -0.2) is 17.2 Å². The molecule has 1 aliphatic rings. The van der Waals surface area contributed by atoms with Gasteiger partial charge in [-0.2, -0.15) is 0 Å². The molecule has 0 amide bonds. The summed E-state index contributed by atoms with van der Waals surface area (Å²) in [6.45, 7) is 1.74. The predicted molar refractivity (Wildman–Crippen MR) is 82.3 cm³/mol. The van der Waals surface area contributed by atoms with Crippen molar-refractivity contribution in [2.75, 3.05) is 18.0 Å². The van der Waals surface area contributed by atoms with Crippen molar-refractivity contribution in [2.24, 2.45) is 0 Å². The van der Waals surface area contributed by atoms with Gasteiger partial charge in [-0.05, 0) is 43.2 Å². The number of nitrogens with zero attached hydrogens (tertiary/aromatic N) is 1. The van der Waals surface area contributed by atoms with Crippen LogP contribution in [0, 0.1) is 18.6 Å². The first-order valence-corrected chi connectivity index (χ1v) is 8.44. The Bertz CT molecular complexity index is 881. The number of benzene rings is 2. The Morgan fingerprint density at radius 1 is 1.17 bits per heavy atom. The molecule has 2 aromatic carbocycles. The summed E-state index contributed by atoms with van der Waals surface area (Å²) in [7, 11) is -2.41. The first-order valence-electron chi connectivity index (χ1n) is 7.00. The highest BCUT2D eigenvalue weighted by Gasteiger charge is 2.33. The highest BCUT2D eigenvalue weighted by atomic mass is 32.2. The number of aryl methyl sites for hydroxylation is 1. The molecular formula is C16H15F2NO3S. The highest BCUT2D eigenvalue weighted by molar-refractivity contribution is 7.93. The lowest BCUT2D eigenvalue weighted by Crippen LogP contribution is -2.29. The molecule has 0 bridgehead atoms. The Balaban J connectivity index is 2.10. The third-order valence-electron chi connectivity index (χ3n) is 3.92. The number of hydrogen-bond acceptors (Lipinski definition) is 3. The van der Waals surface area contributed by atoms with Gasteiger partial charge in [-0.3, -0.25) is 4.31 Å². The van der Waals surface area contributed by atoms with Crippen molar-refractivity contribution in [3.8, 4) is 5.75 Å². The van der Waals surface area contributed by atoms with E-state index < -0.39 is 21.7 Å². The molecule has 0 aromatic heterocycles. The molecule has 0 unspecified atom stereocenters. The van der Waals surface area contributed by atoms with Gasteiger partial charge in [0.25, 0.3) is 10.0 Å². The van der Waals surface area contributed by atoms with Gasteiger partial charge >= 0.3 is 0 Å². The average Bonchev–Trinajstić information content (AvgIpc) is 2.91. The Hall–Kier alpha value is -2.15. The molecule has 1 heterocycles. The van der Waals surface area contributed by atoms with Crippen molar-refractivity contribution < 1.29 is 21.9 Å². The summed E-state index contributed by atoms with van der Waals surface area (Å²) in [5.41, 5.74) is 0.800. The minimum absolute atomic E-state index is 0.0673. The molecule has 23 heavy (non-hydrogen) atoms. The fourth-order valence-electron chi connectivity index (χ4n) is 2.80. The molecule has 0 aliphatic carbocycles. The lowest BCUT2D eigenvalue weighted by atomic mass is 10.1. The molecule has 0 saturated carbocycles. The second-order valence-electron chi connectivity index (χ2n) is 5.34. The van der Waals surface area contributed by atoms with Crippen LogP contribution in [0.5, 0.6) is 5.75 Å². The average molecular weight is 339 g/mol. The van der Waals surface area contributed by atoms with Crippen molar-refractivity contribution in [3.05, 3.63) is 53.1 Å².